The Morgan fingerprint density at radius 1 is 0.511 bits per heavy atom. The van der Waals surface area contributed by atoms with Crippen LogP contribution in [0.1, 0.15) is 99.3 Å². The van der Waals surface area contributed by atoms with Gasteiger partial charge in [-0.1, -0.05) is 97.1 Å². The van der Waals surface area contributed by atoms with Crippen molar-refractivity contribution >= 4 is 124 Å². The van der Waals surface area contributed by atoms with Crippen LogP contribution < -0.4 is 16.3 Å². The molecule has 0 spiro atoms. The van der Waals surface area contributed by atoms with E-state index < -0.39 is 79.1 Å². The number of benzene rings is 4. The highest BCUT2D eigenvalue weighted by molar-refractivity contribution is 7.86. The molecular formula is C60H76N10O14S3Si3. The van der Waals surface area contributed by atoms with Crippen LogP contribution in [-0.2, 0) is 48.2 Å². The average molecular weight is 1340 g/mol. The highest BCUT2D eigenvalue weighted by Crippen LogP contribution is 2.45. The summed E-state index contributed by atoms with van der Waals surface area (Å²) in [7, 11) is -24.5. The highest BCUT2D eigenvalue weighted by Gasteiger charge is 2.58. The lowest BCUT2D eigenvalue weighted by molar-refractivity contribution is -0.928. The number of carbonyl (C=O) groups excluding carboxylic acids is 1. The molecule has 4 N–H and O–H groups in total. The molecule has 4 aliphatic heterocycles. The topological polar surface area (TPSA) is 335 Å². The van der Waals surface area contributed by atoms with E-state index in [1.54, 1.807) is 0 Å². The van der Waals surface area contributed by atoms with Gasteiger partial charge in [0.2, 0.25) is 5.91 Å². The maximum atomic E-state index is 13.2. The summed E-state index contributed by atoms with van der Waals surface area (Å²) in [4.78, 5) is 57.3. The number of nitrogens with one attached hydrogen (secondary N) is 1. The van der Waals surface area contributed by atoms with Crippen molar-refractivity contribution in [2.24, 2.45) is 30.0 Å². The Kier molecular flexibility index (Phi) is 19.9. The number of hydrogen-bond donors (Lipinski definition) is 4. The molecule has 6 aromatic rings. The molecule has 480 valence electrons. The third-order valence-corrected chi connectivity index (χ3v) is 30.8. The Morgan fingerprint density at radius 3 is 1.33 bits per heavy atom. The van der Waals surface area contributed by atoms with Gasteiger partial charge in [0.25, 0.3) is 20.2 Å². The van der Waals surface area contributed by atoms with E-state index in [9.17, 15) is 53.6 Å². The molecule has 4 aliphatic rings. The van der Waals surface area contributed by atoms with Crippen molar-refractivity contribution < 1.29 is 66.3 Å². The molecule has 4 aromatic carbocycles. The number of aromatic nitrogens is 2. The van der Waals surface area contributed by atoms with E-state index in [1.807, 2.05) is 97.1 Å². The smallest absolute Gasteiger partial charge is 0.582 e. The minimum atomic E-state index is -4.76. The van der Waals surface area contributed by atoms with Gasteiger partial charge in [0.15, 0.2) is 40.0 Å². The van der Waals surface area contributed by atoms with Crippen molar-refractivity contribution in [1.29, 1.82) is 0 Å². The largest absolute Gasteiger partial charge is 0.748 e. The van der Waals surface area contributed by atoms with Crippen molar-refractivity contribution in [2.45, 2.75) is 115 Å². The van der Waals surface area contributed by atoms with E-state index >= 15 is 0 Å². The summed E-state index contributed by atoms with van der Waals surface area (Å²) in [6, 6.07) is 32.4. The molecule has 0 aliphatic carbocycles. The van der Waals surface area contributed by atoms with Crippen molar-refractivity contribution in [3.63, 3.8) is 0 Å². The molecule has 0 saturated carbocycles. The van der Waals surface area contributed by atoms with Gasteiger partial charge in [0.1, 0.15) is 22.6 Å². The standard InChI is InChI=1S/C60H76N10O14S3Si3/c1-88(2,41-21-33-61-51(71)31-13-14-32-52(72)73)83-90(84-89(3,4)42-22-37-70(34-15-18-38-85(74,75)76,35-16-19-39-86(77,78)79)36-17-20-40-87(80,81)82)68-57-47-27-9-10-28-48(47)59(68)66-55-45-25-7-8-26-46(45)56(63-55)67-60-50-30-12-11-29-49(50)58(69(60)90)65-54-44-24-6-5-23-43(44)53(62-54)64-57/h5-12,23-30H,13-22,31-42H2,1-4H3,(H4-,61,71,72,73,74,75,76,77,78,79,80,81,82)/b64-53-,64-57?,65-54?,65-58-,66-55-,66-59?,67-56?,67-60-. The molecule has 1 atom stereocenters. The van der Waals surface area contributed by atoms with E-state index in [4.69, 9.17) is 38.2 Å². The van der Waals surface area contributed by atoms with Gasteiger partial charge in [-0.3, -0.25) is 27.2 Å². The average Bonchev–Trinajstić information content (AvgIpc) is 1.51. The molecule has 2 aromatic heterocycles. The zero-order valence-electron chi connectivity index (χ0n) is 50.9. The number of quaternary nitrogens is 1. The molecular weight excluding hydrogens is 1270 g/mol. The fourth-order valence-electron chi connectivity index (χ4n) is 12.6. The van der Waals surface area contributed by atoms with Crippen LogP contribution in [-0.4, -0.2) is 168 Å². The van der Waals surface area contributed by atoms with Crippen LogP contribution >= 0.6 is 0 Å². The molecule has 6 heterocycles. The number of fused-ring (bicyclic) bond motifs is 14. The van der Waals surface area contributed by atoms with Gasteiger partial charge >= 0.3 is 14.9 Å². The molecule has 0 fully saturated rings. The maximum absolute atomic E-state index is 13.2. The van der Waals surface area contributed by atoms with Gasteiger partial charge in [-0.2, -0.15) is 16.8 Å². The Bertz CT molecular complexity index is 4130. The van der Waals surface area contributed by atoms with Gasteiger partial charge in [-0.25, -0.2) is 38.4 Å². The molecule has 30 heteroatoms. The maximum Gasteiger partial charge on any atom is 0.582 e. The number of hydrogen-bond acceptors (Lipinski definition) is 17. The molecule has 6 bridgehead atoms. The fraction of sp³-hybridized carbons (Fsp3) is 0.433. The van der Waals surface area contributed by atoms with Crippen molar-refractivity contribution in [3.05, 3.63) is 130 Å². The zero-order valence-corrected chi connectivity index (χ0v) is 56.3. The predicted molar refractivity (Wildman–Crippen MR) is 351 cm³/mol. The van der Waals surface area contributed by atoms with Crippen molar-refractivity contribution in [1.82, 2.24) is 13.8 Å². The molecule has 0 radical (unpaired) electrons. The second kappa shape index (κ2) is 26.9. The summed E-state index contributed by atoms with van der Waals surface area (Å²) < 4.78 is 124. The minimum Gasteiger partial charge on any atom is -0.748 e. The normalized spacial score (nSPS) is 18.3. The number of unbranched alkanes of at least 4 members (excludes halogenated alkanes) is 4. The lowest BCUT2D eigenvalue weighted by Crippen LogP contribution is -2.70. The molecule has 1 amide bonds. The fourth-order valence-corrected chi connectivity index (χ4v) is 26.8. The summed E-state index contributed by atoms with van der Waals surface area (Å²) >= 11 is 0. The van der Waals surface area contributed by atoms with Crippen molar-refractivity contribution in [3.8, 4) is 0 Å². The molecule has 90 heavy (non-hydrogen) atoms. The zero-order chi connectivity index (χ0) is 64.3. The second-order valence-corrected chi connectivity index (χ2v) is 41.1. The number of aliphatic imine (C=N–C) groups is 4. The first kappa shape index (κ1) is 66.4. The third-order valence-electron chi connectivity index (χ3n) is 16.7. The Morgan fingerprint density at radius 2 is 0.900 bits per heavy atom. The van der Waals surface area contributed by atoms with Crippen LogP contribution in [0.5, 0.6) is 0 Å². The third kappa shape index (κ3) is 15.7. The predicted octanol–water partition coefficient (Wildman–Crippen LogP) is 7.83. The van der Waals surface area contributed by atoms with E-state index in [1.165, 1.54) is 0 Å². The first-order valence-corrected chi connectivity index (χ1v) is 43.2. The SMILES string of the molecule is C[Si](C)(CCCNC(=O)CCCCC(=O)O)O[Si]1(O[Si](C)(C)CCC[N+](CCCCS(=O)(=O)[O-])(CCCCS(=O)(=O)O)CCCCS(=O)(=O)O)n2c3c4ccccc4c2/N=C2N=C(/N=c4/c5ccccc5/c(n41)=N/C1=NC(=N\3)/c3ccccc31)c1ccccc1\2. The summed E-state index contributed by atoms with van der Waals surface area (Å²) in [6.45, 7) is 10.3. The van der Waals surface area contributed by atoms with Gasteiger partial charge < -0.3 is 27.7 Å². The number of amidine groups is 4. The van der Waals surface area contributed by atoms with E-state index in [-0.39, 0.29) is 42.5 Å². The Balaban J connectivity index is 1.18. The molecule has 10 rings (SSSR count). The lowest BCUT2D eigenvalue weighted by atomic mass is 10.1. The van der Waals surface area contributed by atoms with E-state index in [2.05, 4.69) is 40.0 Å². The van der Waals surface area contributed by atoms with Crippen LogP contribution in [0.4, 0.5) is 11.6 Å². The molecule has 0 saturated heterocycles. The number of nitrogens with zero attached hydrogens (tertiary/aromatic N) is 9. The summed E-state index contributed by atoms with van der Waals surface area (Å²) in [5.41, 5.74) is 3.93. The number of amides is 1. The monoisotopic (exact) mass is 1340 g/mol. The van der Waals surface area contributed by atoms with E-state index in [0.717, 1.165) is 43.8 Å². The number of carbonyl (C=O) groups is 2. The van der Waals surface area contributed by atoms with Crippen LogP contribution in [0.25, 0.3) is 21.5 Å². The number of carboxylic acids is 1. The van der Waals surface area contributed by atoms with Crippen LogP contribution in [0.15, 0.2) is 127 Å². The first-order chi connectivity index (χ1) is 42.6. The summed E-state index contributed by atoms with van der Waals surface area (Å²) in [6.07, 6.45) is 3.21. The Hall–Kier alpha value is -6.56. The Labute approximate surface area is 526 Å². The number of carboxylic acid groups (broad SMARTS) is 1. The van der Waals surface area contributed by atoms with Crippen molar-refractivity contribution in [2.75, 3.05) is 50.0 Å². The molecule has 1 unspecified atom stereocenters. The first-order valence-electron chi connectivity index (χ1n) is 30.5. The second-order valence-electron chi connectivity index (χ2n) is 24.7. The quantitative estimate of drug-likeness (QED) is 0.0135. The lowest BCUT2D eigenvalue weighted by Gasteiger charge is -2.44. The summed E-state index contributed by atoms with van der Waals surface area (Å²) in [5, 5.41) is 15.1. The number of aliphatic carboxylic acids is 1. The van der Waals surface area contributed by atoms with E-state index in [0.29, 0.717) is 136 Å². The van der Waals surface area contributed by atoms with Crippen LogP contribution in [0.3, 0.4) is 0 Å². The highest BCUT2D eigenvalue weighted by atomic mass is 32.2. The van der Waals surface area contributed by atoms with Crippen LogP contribution in [0, 0.1) is 0 Å². The molecule has 24 nitrogen and oxygen atoms in total. The van der Waals surface area contributed by atoms with Gasteiger partial charge in [-0.05, 0) is 102 Å². The summed E-state index contributed by atoms with van der Waals surface area (Å²) in [5.74, 6) is -0.118. The number of rotatable bonds is 32. The van der Waals surface area contributed by atoms with Gasteiger partial charge in [0.05, 0.1) is 47.8 Å². The minimum absolute atomic E-state index is 0.0232. The van der Waals surface area contributed by atoms with Crippen LogP contribution in [0.2, 0.25) is 38.3 Å². The van der Waals surface area contributed by atoms with Gasteiger partial charge in [-0.15, -0.1) is 0 Å². The van der Waals surface area contributed by atoms with Gasteiger partial charge in [0, 0.05) is 68.9 Å².